The molecular weight excluding hydrogens is 262 g/mol. The van der Waals surface area contributed by atoms with Crippen LogP contribution in [0.15, 0.2) is 0 Å². The molecule has 2 unspecified atom stereocenters. The highest BCUT2D eigenvalue weighted by molar-refractivity contribution is 5.87. The number of ether oxygens (including phenoxy) is 2. The Morgan fingerprint density at radius 2 is 2.05 bits per heavy atom. The van der Waals surface area contributed by atoms with Crippen LogP contribution in [0.3, 0.4) is 0 Å². The molecule has 7 nitrogen and oxygen atoms in total. The summed E-state index contributed by atoms with van der Waals surface area (Å²) < 4.78 is 10.5. The summed E-state index contributed by atoms with van der Waals surface area (Å²) in [6.07, 6.45) is 0.334. The second-order valence-corrected chi connectivity index (χ2v) is 5.16. The Labute approximate surface area is 119 Å². The molecule has 0 radical (unpaired) electrons. The average Bonchev–Trinajstić information content (AvgIpc) is 2.48. The number of nitrogens with zero attached hydrogens (tertiary/aromatic N) is 1. The third kappa shape index (κ3) is 4.43. The molecule has 2 fully saturated rings. The first-order valence-corrected chi connectivity index (χ1v) is 7.14. The maximum atomic E-state index is 12.1. The summed E-state index contributed by atoms with van der Waals surface area (Å²) in [6, 6.07) is -0.459. The van der Waals surface area contributed by atoms with Gasteiger partial charge in [-0.2, -0.15) is 0 Å². The predicted molar refractivity (Wildman–Crippen MR) is 72.2 cm³/mol. The maximum Gasteiger partial charge on any atom is 0.245 e. The first kappa shape index (κ1) is 15.2. The van der Waals surface area contributed by atoms with Gasteiger partial charge in [-0.15, -0.1) is 0 Å². The molecule has 114 valence electrons. The summed E-state index contributed by atoms with van der Waals surface area (Å²) >= 11 is 0. The quantitative estimate of drug-likeness (QED) is 0.673. The lowest BCUT2D eigenvalue weighted by Gasteiger charge is -2.30. The number of hydrogen-bond acceptors (Lipinski definition) is 5. The van der Waals surface area contributed by atoms with Gasteiger partial charge in [0.15, 0.2) is 0 Å². The van der Waals surface area contributed by atoms with Crippen LogP contribution in [0.5, 0.6) is 0 Å². The van der Waals surface area contributed by atoms with Crippen molar-refractivity contribution in [3.8, 4) is 0 Å². The van der Waals surface area contributed by atoms with Crippen molar-refractivity contribution < 1.29 is 19.1 Å². The van der Waals surface area contributed by atoms with Gasteiger partial charge >= 0.3 is 0 Å². The topological polar surface area (TPSA) is 79.9 Å². The van der Waals surface area contributed by atoms with Crippen molar-refractivity contribution in [3.63, 3.8) is 0 Å². The highest BCUT2D eigenvalue weighted by atomic mass is 16.5. The standard InChI is InChI=1S/C13H23N3O4/c1-10(13(18)16-3-6-19-7-4-16)15-12(17)8-11-9-20-5-2-14-11/h10-11,14H,2-9H2,1H3,(H,15,17). The summed E-state index contributed by atoms with van der Waals surface area (Å²) in [6.45, 7) is 6.03. The molecule has 0 spiro atoms. The molecule has 7 heteroatoms. The van der Waals surface area contributed by atoms with Gasteiger partial charge in [-0.1, -0.05) is 0 Å². The second-order valence-electron chi connectivity index (χ2n) is 5.16. The molecule has 0 bridgehead atoms. The molecule has 2 aliphatic heterocycles. The molecule has 0 aliphatic carbocycles. The molecule has 0 aromatic rings. The minimum Gasteiger partial charge on any atom is -0.378 e. The van der Waals surface area contributed by atoms with Crippen LogP contribution >= 0.6 is 0 Å². The van der Waals surface area contributed by atoms with Gasteiger partial charge in [0.2, 0.25) is 11.8 Å². The van der Waals surface area contributed by atoms with Gasteiger partial charge in [-0.25, -0.2) is 0 Å². The molecule has 2 atom stereocenters. The van der Waals surface area contributed by atoms with Gasteiger partial charge in [0, 0.05) is 32.1 Å². The molecule has 0 aromatic carbocycles. The number of nitrogens with one attached hydrogen (secondary N) is 2. The van der Waals surface area contributed by atoms with Gasteiger partial charge in [0.05, 0.1) is 26.4 Å². The first-order chi connectivity index (χ1) is 9.66. The van der Waals surface area contributed by atoms with Crippen molar-refractivity contribution in [2.75, 3.05) is 46.1 Å². The summed E-state index contributed by atoms with van der Waals surface area (Å²) in [5.74, 6) is -0.170. The molecule has 0 aromatic heterocycles. The van der Waals surface area contributed by atoms with Crippen molar-refractivity contribution in [3.05, 3.63) is 0 Å². The van der Waals surface area contributed by atoms with Crippen LogP contribution in [0.25, 0.3) is 0 Å². The minimum atomic E-state index is -0.495. The number of carbonyl (C=O) groups is 2. The van der Waals surface area contributed by atoms with E-state index in [1.807, 2.05) is 0 Å². The van der Waals surface area contributed by atoms with Crippen molar-refractivity contribution in [2.45, 2.75) is 25.4 Å². The molecule has 2 amide bonds. The van der Waals surface area contributed by atoms with E-state index in [9.17, 15) is 9.59 Å². The highest BCUT2D eigenvalue weighted by Gasteiger charge is 2.25. The Kier molecular flexibility index (Phi) is 5.75. The number of hydrogen-bond donors (Lipinski definition) is 2. The molecule has 2 aliphatic rings. The van der Waals surface area contributed by atoms with Crippen LogP contribution in [-0.4, -0.2) is 74.9 Å². The Bertz CT molecular complexity index is 339. The summed E-state index contributed by atoms with van der Waals surface area (Å²) in [4.78, 5) is 25.8. The fourth-order valence-electron chi connectivity index (χ4n) is 2.39. The van der Waals surface area contributed by atoms with Crippen LogP contribution in [0, 0.1) is 0 Å². The first-order valence-electron chi connectivity index (χ1n) is 7.14. The summed E-state index contributed by atoms with van der Waals surface area (Å²) in [7, 11) is 0. The molecule has 2 rings (SSSR count). The van der Waals surface area contributed by atoms with Gasteiger partial charge in [-0.05, 0) is 6.92 Å². The third-order valence-corrected chi connectivity index (χ3v) is 3.50. The van der Waals surface area contributed by atoms with E-state index in [-0.39, 0.29) is 17.9 Å². The molecule has 2 heterocycles. The average molecular weight is 285 g/mol. The smallest absolute Gasteiger partial charge is 0.245 e. The number of amides is 2. The fourth-order valence-corrected chi connectivity index (χ4v) is 2.39. The molecule has 20 heavy (non-hydrogen) atoms. The fraction of sp³-hybridized carbons (Fsp3) is 0.846. The van der Waals surface area contributed by atoms with E-state index in [2.05, 4.69) is 10.6 Å². The van der Waals surface area contributed by atoms with E-state index in [1.54, 1.807) is 11.8 Å². The van der Waals surface area contributed by atoms with E-state index < -0.39 is 6.04 Å². The molecule has 0 saturated carbocycles. The van der Waals surface area contributed by atoms with E-state index in [4.69, 9.17) is 9.47 Å². The summed E-state index contributed by atoms with van der Waals surface area (Å²) in [5, 5.41) is 5.98. The Hall–Kier alpha value is -1.18. The van der Waals surface area contributed by atoms with Crippen molar-refractivity contribution in [1.29, 1.82) is 0 Å². The molecule has 2 N–H and O–H groups in total. The Morgan fingerprint density at radius 3 is 2.70 bits per heavy atom. The Morgan fingerprint density at radius 1 is 1.30 bits per heavy atom. The summed E-state index contributed by atoms with van der Waals surface area (Å²) in [5.41, 5.74) is 0. The zero-order valence-electron chi connectivity index (χ0n) is 11.9. The van der Waals surface area contributed by atoms with Crippen LogP contribution in [-0.2, 0) is 19.1 Å². The van der Waals surface area contributed by atoms with E-state index in [1.165, 1.54) is 0 Å². The maximum absolute atomic E-state index is 12.1. The van der Waals surface area contributed by atoms with Crippen molar-refractivity contribution >= 4 is 11.8 Å². The zero-order valence-corrected chi connectivity index (χ0v) is 11.9. The van der Waals surface area contributed by atoms with Crippen LogP contribution in [0.4, 0.5) is 0 Å². The lowest BCUT2D eigenvalue weighted by molar-refractivity contribution is -0.139. The van der Waals surface area contributed by atoms with Crippen LogP contribution < -0.4 is 10.6 Å². The lowest BCUT2D eigenvalue weighted by Crippen LogP contribution is -2.51. The predicted octanol–water partition coefficient (Wildman–Crippen LogP) is -1.27. The van der Waals surface area contributed by atoms with E-state index in [0.717, 1.165) is 6.54 Å². The van der Waals surface area contributed by atoms with Crippen LogP contribution in [0.1, 0.15) is 13.3 Å². The van der Waals surface area contributed by atoms with Crippen molar-refractivity contribution in [1.82, 2.24) is 15.5 Å². The minimum absolute atomic E-state index is 0.0365. The van der Waals surface area contributed by atoms with Gasteiger partial charge in [0.1, 0.15) is 6.04 Å². The molecular formula is C13H23N3O4. The van der Waals surface area contributed by atoms with Gasteiger partial charge in [0.25, 0.3) is 0 Å². The highest BCUT2D eigenvalue weighted by Crippen LogP contribution is 2.02. The van der Waals surface area contributed by atoms with E-state index >= 15 is 0 Å². The second kappa shape index (κ2) is 7.56. The monoisotopic (exact) mass is 285 g/mol. The number of rotatable bonds is 4. The largest absolute Gasteiger partial charge is 0.378 e. The molecule has 2 saturated heterocycles. The number of morpholine rings is 2. The van der Waals surface area contributed by atoms with Crippen molar-refractivity contribution in [2.24, 2.45) is 0 Å². The SMILES string of the molecule is CC(NC(=O)CC1COCCN1)C(=O)N1CCOCC1. The van der Waals surface area contributed by atoms with E-state index in [0.29, 0.717) is 45.9 Å². The van der Waals surface area contributed by atoms with Gasteiger partial charge < -0.3 is 25.0 Å². The van der Waals surface area contributed by atoms with Crippen LogP contribution in [0.2, 0.25) is 0 Å². The normalized spacial score (nSPS) is 25.1. The lowest BCUT2D eigenvalue weighted by atomic mass is 10.1. The zero-order chi connectivity index (χ0) is 14.4. The van der Waals surface area contributed by atoms with Gasteiger partial charge in [-0.3, -0.25) is 9.59 Å². The Balaban J connectivity index is 1.73. The number of carbonyl (C=O) groups excluding carboxylic acids is 2. The third-order valence-electron chi connectivity index (χ3n) is 3.50.